The van der Waals surface area contributed by atoms with Crippen molar-refractivity contribution in [1.29, 1.82) is 0 Å². The highest BCUT2D eigenvalue weighted by molar-refractivity contribution is 7.98. The van der Waals surface area contributed by atoms with Crippen LogP contribution in [0.15, 0.2) is 32.4 Å². The van der Waals surface area contributed by atoms with E-state index in [0.29, 0.717) is 45.6 Å². The molecule has 3 rings (SSSR count). The number of benzene rings is 1. The average Bonchev–Trinajstić information content (AvgIpc) is 3.21. The van der Waals surface area contributed by atoms with Gasteiger partial charge in [-0.3, -0.25) is 0 Å². The highest BCUT2D eigenvalue weighted by Crippen LogP contribution is 2.34. The third-order valence-electron chi connectivity index (χ3n) is 2.93. The number of rotatable bonds is 6. The maximum Gasteiger partial charge on any atom is 0.277 e. The summed E-state index contributed by atoms with van der Waals surface area (Å²) in [6.07, 6.45) is 0. The summed E-state index contributed by atoms with van der Waals surface area (Å²) in [7, 11) is 3.16. The number of hydrogen-bond acceptors (Lipinski definition) is 9. The molecule has 2 aromatic heterocycles. The number of hydrogen-bond donors (Lipinski definition) is 0. The second kappa shape index (κ2) is 6.69. The molecule has 0 atom stereocenters. The number of thioether (sulfide) groups is 1. The van der Waals surface area contributed by atoms with E-state index in [1.807, 2.05) is 0 Å². The van der Waals surface area contributed by atoms with Crippen molar-refractivity contribution in [3.63, 3.8) is 0 Å². The Morgan fingerprint density at radius 1 is 1.17 bits per heavy atom. The first-order valence-electron chi connectivity index (χ1n) is 6.67. The number of aryl methyl sites for hydroxylation is 1. The van der Waals surface area contributed by atoms with Gasteiger partial charge in [0.15, 0.2) is 5.82 Å². The summed E-state index contributed by atoms with van der Waals surface area (Å²) in [4.78, 5) is 4.11. The van der Waals surface area contributed by atoms with Crippen LogP contribution in [0, 0.1) is 6.92 Å². The van der Waals surface area contributed by atoms with Gasteiger partial charge in [0, 0.05) is 6.07 Å². The van der Waals surface area contributed by atoms with Crippen LogP contribution in [-0.2, 0) is 5.75 Å². The van der Waals surface area contributed by atoms with E-state index in [1.54, 1.807) is 39.3 Å². The molecule has 1 aromatic carbocycles. The number of nitrogens with zero attached hydrogens (tertiary/aromatic N) is 4. The Morgan fingerprint density at radius 3 is 2.74 bits per heavy atom. The average molecular weight is 334 g/mol. The Kier molecular flexibility index (Phi) is 4.47. The highest BCUT2D eigenvalue weighted by Gasteiger charge is 2.15. The van der Waals surface area contributed by atoms with Gasteiger partial charge in [-0.1, -0.05) is 16.9 Å². The van der Waals surface area contributed by atoms with Crippen molar-refractivity contribution in [2.45, 2.75) is 17.9 Å². The van der Waals surface area contributed by atoms with Gasteiger partial charge in [-0.15, -0.1) is 10.2 Å². The zero-order valence-corrected chi connectivity index (χ0v) is 13.6. The molecule has 0 aliphatic carbocycles. The van der Waals surface area contributed by atoms with Gasteiger partial charge in [0.25, 0.3) is 11.1 Å². The van der Waals surface area contributed by atoms with Gasteiger partial charge in [-0.2, -0.15) is 4.98 Å². The molecular formula is C14H14N4O4S. The fraction of sp³-hybridized carbons (Fsp3) is 0.286. The summed E-state index contributed by atoms with van der Waals surface area (Å²) in [6.45, 7) is 1.76. The van der Waals surface area contributed by atoms with Crippen molar-refractivity contribution < 1.29 is 18.4 Å². The first-order valence-corrected chi connectivity index (χ1v) is 7.66. The third-order valence-corrected chi connectivity index (χ3v) is 3.74. The molecule has 2 heterocycles. The van der Waals surface area contributed by atoms with Crippen LogP contribution in [0.3, 0.4) is 0 Å². The fourth-order valence-electron chi connectivity index (χ4n) is 1.87. The summed E-state index contributed by atoms with van der Waals surface area (Å²) in [5, 5.41) is 12.2. The van der Waals surface area contributed by atoms with Gasteiger partial charge in [0.1, 0.15) is 11.5 Å². The summed E-state index contributed by atoms with van der Waals surface area (Å²) in [6, 6.07) is 5.37. The van der Waals surface area contributed by atoms with Crippen molar-refractivity contribution in [3.05, 3.63) is 29.9 Å². The standard InChI is InChI=1S/C14H14N4O4S/c1-8-15-12(22-18-8)7-23-14-17-16-13(21-14)10-5-4-9(19-2)6-11(10)20-3/h4-6H,7H2,1-3H3. The summed E-state index contributed by atoms with van der Waals surface area (Å²) in [5.74, 6) is 3.21. The molecule has 3 aromatic rings. The van der Waals surface area contributed by atoms with Crippen molar-refractivity contribution in [3.8, 4) is 23.0 Å². The fourth-order valence-corrected chi connectivity index (χ4v) is 2.47. The van der Waals surface area contributed by atoms with E-state index in [0.717, 1.165) is 0 Å². The Hall–Kier alpha value is -2.55. The van der Waals surface area contributed by atoms with Crippen LogP contribution < -0.4 is 9.47 Å². The first-order chi connectivity index (χ1) is 11.2. The van der Waals surface area contributed by atoms with Gasteiger partial charge < -0.3 is 18.4 Å². The van der Waals surface area contributed by atoms with Gasteiger partial charge in [-0.25, -0.2) is 0 Å². The zero-order chi connectivity index (χ0) is 16.2. The molecule has 0 amide bonds. The molecule has 0 aliphatic rings. The maximum atomic E-state index is 5.64. The Bertz CT molecular complexity index is 802. The lowest BCUT2D eigenvalue weighted by molar-refractivity contribution is 0.386. The van der Waals surface area contributed by atoms with Crippen molar-refractivity contribution in [2.24, 2.45) is 0 Å². The molecule has 0 spiro atoms. The van der Waals surface area contributed by atoms with Crippen molar-refractivity contribution in [1.82, 2.24) is 20.3 Å². The predicted molar refractivity (Wildman–Crippen MR) is 81.4 cm³/mol. The van der Waals surface area contributed by atoms with Crippen LogP contribution in [0.4, 0.5) is 0 Å². The molecule has 9 heteroatoms. The van der Waals surface area contributed by atoms with Crippen LogP contribution in [0.5, 0.6) is 11.5 Å². The van der Waals surface area contributed by atoms with E-state index in [4.69, 9.17) is 18.4 Å². The molecule has 0 saturated carbocycles. The topological polar surface area (TPSA) is 96.3 Å². The van der Waals surface area contributed by atoms with Crippen LogP contribution in [0.1, 0.15) is 11.7 Å². The molecule has 0 unspecified atom stereocenters. The molecule has 0 aliphatic heterocycles. The molecule has 8 nitrogen and oxygen atoms in total. The molecule has 0 fully saturated rings. The highest BCUT2D eigenvalue weighted by atomic mass is 32.2. The molecule has 23 heavy (non-hydrogen) atoms. The quantitative estimate of drug-likeness (QED) is 0.630. The Morgan fingerprint density at radius 2 is 2.04 bits per heavy atom. The maximum absolute atomic E-state index is 5.64. The van der Waals surface area contributed by atoms with Crippen molar-refractivity contribution in [2.75, 3.05) is 14.2 Å². The van der Waals surface area contributed by atoms with Gasteiger partial charge in [0.05, 0.1) is 25.5 Å². The monoisotopic (exact) mass is 334 g/mol. The number of methoxy groups -OCH3 is 2. The smallest absolute Gasteiger partial charge is 0.277 e. The molecule has 0 saturated heterocycles. The van der Waals surface area contributed by atoms with Gasteiger partial charge in [0.2, 0.25) is 5.89 Å². The lowest BCUT2D eigenvalue weighted by Gasteiger charge is -2.07. The van der Waals surface area contributed by atoms with E-state index in [9.17, 15) is 0 Å². The normalized spacial score (nSPS) is 10.7. The first kappa shape index (κ1) is 15.3. The van der Waals surface area contributed by atoms with Crippen LogP contribution >= 0.6 is 11.8 Å². The minimum Gasteiger partial charge on any atom is -0.497 e. The largest absolute Gasteiger partial charge is 0.497 e. The predicted octanol–water partition coefficient (Wildman–Crippen LogP) is 2.74. The molecule has 120 valence electrons. The van der Waals surface area contributed by atoms with E-state index in [-0.39, 0.29) is 0 Å². The van der Waals surface area contributed by atoms with E-state index < -0.39 is 0 Å². The summed E-state index contributed by atoms with van der Waals surface area (Å²) in [5.41, 5.74) is 0.696. The Labute approximate surface area is 136 Å². The SMILES string of the molecule is COc1ccc(-c2nnc(SCc3nc(C)no3)o2)c(OC)c1. The second-order valence-corrected chi connectivity index (χ2v) is 5.39. The van der Waals surface area contributed by atoms with Gasteiger partial charge >= 0.3 is 0 Å². The van der Waals surface area contributed by atoms with Crippen LogP contribution in [0.25, 0.3) is 11.5 Å². The van der Waals surface area contributed by atoms with E-state index in [1.165, 1.54) is 11.8 Å². The summed E-state index contributed by atoms with van der Waals surface area (Å²) >= 11 is 1.32. The van der Waals surface area contributed by atoms with Crippen molar-refractivity contribution >= 4 is 11.8 Å². The number of ether oxygens (including phenoxy) is 2. The van der Waals surface area contributed by atoms with Crippen LogP contribution in [-0.4, -0.2) is 34.6 Å². The minimum absolute atomic E-state index is 0.369. The molecule has 0 bridgehead atoms. The summed E-state index contributed by atoms with van der Waals surface area (Å²) < 4.78 is 21.2. The molecule has 0 radical (unpaired) electrons. The van der Waals surface area contributed by atoms with E-state index in [2.05, 4.69) is 20.3 Å². The van der Waals surface area contributed by atoms with Gasteiger partial charge in [-0.05, 0) is 19.1 Å². The lowest BCUT2D eigenvalue weighted by atomic mass is 10.2. The molecular weight excluding hydrogens is 320 g/mol. The van der Waals surface area contributed by atoms with Crippen LogP contribution in [0.2, 0.25) is 0 Å². The second-order valence-electron chi connectivity index (χ2n) is 4.46. The number of aromatic nitrogens is 4. The third kappa shape index (κ3) is 3.45. The minimum atomic E-state index is 0.369. The molecule has 0 N–H and O–H groups in total. The Balaban J connectivity index is 1.76. The zero-order valence-electron chi connectivity index (χ0n) is 12.8. The van der Waals surface area contributed by atoms with E-state index >= 15 is 0 Å². The lowest BCUT2D eigenvalue weighted by Crippen LogP contribution is -1.90.